The molecule has 23 heavy (non-hydrogen) atoms. The lowest BCUT2D eigenvalue weighted by Crippen LogP contribution is -2.31. The van der Waals surface area contributed by atoms with Crippen molar-refractivity contribution < 1.29 is 18.0 Å². The van der Waals surface area contributed by atoms with Gasteiger partial charge in [0.25, 0.3) is 0 Å². The lowest BCUT2D eigenvalue weighted by atomic mass is 9.85. The standard InChI is InChI=1S/C14H13F3N4OS/c1-7-19-10-3-2-8(12(22)21-13-18-4-5-23-13)6-9(10)11(20-7)14(15,16)17/h4-5,8H,2-3,6H2,1H3,(H,18,21,22)/t8-/m1/s1. The van der Waals surface area contributed by atoms with Crippen molar-refractivity contribution in [3.8, 4) is 0 Å². The van der Waals surface area contributed by atoms with E-state index in [0.29, 0.717) is 23.7 Å². The molecular formula is C14H13F3N4OS. The van der Waals surface area contributed by atoms with Gasteiger partial charge in [-0.05, 0) is 26.2 Å². The molecule has 1 amide bonds. The van der Waals surface area contributed by atoms with Gasteiger partial charge in [-0.25, -0.2) is 15.0 Å². The van der Waals surface area contributed by atoms with Crippen LogP contribution in [0.5, 0.6) is 0 Å². The third kappa shape index (κ3) is 3.34. The molecule has 2 aromatic rings. The predicted molar refractivity (Wildman–Crippen MR) is 78.0 cm³/mol. The summed E-state index contributed by atoms with van der Waals surface area (Å²) in [5, 5.41) is 4.79. The number of amides is 1. The summed E-state index contributed by atoms with van der Waals surface area (Å²) >= 11 is 1.26. The fourth-order valence-corrected chi connectivity index (χ4v) is 3.22. The number of alkyl halides is 3. The first-order chi connectivity index (χ1) is 10.8. The van der Waals surface area contributed by atoms with Crippen molar-refractivity contribution in [1.82, 2.24) is 15.0 Å². The highest BCUT2D eigenvalue weighted by atomic mass is 32.1. The number of fused-ring (bicyclic) bond motifs is 1. The van der Waals surface area contributed by atoms with E-state index in [-0.39, 0.29) is 23.7 Å². The molecular weight excluding hydrogens is 329 g/mol. The Morgan fingerprint density at radius 3 is 2.83 bits per heavy atom. The van der Waals surface area contributed by atoms with Crippen LogP contribution >= 0.6 is 11.3 Å². The van der Waals surface area contributed by atoms with E-state index < -0.39 is 17.8 Å². The average molecular weight is 342 g/mol. The minimum Gasteiger partial charge on any atom is -0.302 e. The molecule has 0 bridgehead atoms. The number of aryl methyl sites for hydroxylation is 2. The second-order valence-corrected chi connectivity index (χ2v) is 6.20. The molecule has 2 aromatic heterocycles. The maximum absolute atomic E-state index is 13.2. The number of hydrogen-bond acceptors (Lipinski definition) is 5. The number of halogens is 3. The van der Waals surface area contributed by atoms with Crippen molar-refractivity contribution in [2.24, 2.45) is 5.92 Å². The van der Waals surface area contributed by atoms with Crippen molar-refractivity contribution in [3.63, 3.8) is 0 Å². The van der Waals surface area contributed by atoms with Gasteiger partial charge in [0.05, 0.1) is 0 Å². The summed E-state index contributed by atoms with van der Waals surface area (Å²) in [6.07, 6.45) is -2.22. The Morgan fingerprint density at radius 1 is 1.39 bits per heavy atom. The third-order valence-electron chi connectivity index (χ3n) is 3.69. The molecule has 0 spiro atoms. The Hall–Kier alpha value is -2.03. The summed E-state index contributed by atoms with van der Waals surface area (Å²) in [5.41, 5.74) is -0.497. The topological polar surface area (TPSA) is 67.8 Å². The van der Waals surface area contributed by atoms with E-state index in [2.05, 4.69) is 20.3 Å². The van der Waals surface area contributed by atoms with Gasteiger partial charge in [0, 0.05) is 28.8 Å². The zero-order valence-corrected chi connectivity index (χ0v) is 13.0. The molecule has 3 rings (SSSR count). The molecule has 1 N–H and O–H groups in total. The predicted octanol–water partition coefficient (Wildman–Crippen LogP) is 3.00. The average Bonchev–Trinajstić information content (AvgIpc) is 2.97. The van der Waals surface area contributed by atoms with Gasteiger partial charge >= 0.3 is 6.18 Å². The number of hydrogen-bond donors (Lipinski definition) is 1. The van der Waals surface area contributed by atoms with E-state index in [9.17, 15) is 18.0 Å². The minimum atomic E-state index is -4.55. The van der Waals surface area contributed by atoms with Gasteiger partial charge in [-0.1, -0.05) is 0 Å². The quantitative estimate of drug-likeness (QED) is 0.911. The number of nitrogens with one attached hydrogen (secondary N) is 1. The van der Waals surface area contributed by atoms with Crippen molar-refractivity contribution in [2.45, 2.75) is 32.4 Å². The van der Waals surface area contributed by atoms with Gasteiger partial charge in [-0.15, -0.1) is 11.3 Å². The molecule has 0 aromatic carbocycles. The zero-order chi connectivity index (χ0) is 16.6. The number of nitrogens with zero attached hydrogens (tertiary/aromatic N) is 3. The van der Waals surface area contributed by atoms with Gasteiger partial charge in [-0.2, -0.15) is 13.2 Å². The van der Waals surface area contributed by atoms with Gasteiger partial charge in [0.1, 0.15) is 5.82 Å². The highest BCUT2D eigenvalue weighted by Gasteiger charge is 2.39. The van der Waals surface area contributed by atoms with Crippen LogP contribution in [0.15, 0.2) is 11.6 Å². The summed E-state index contributed by atoms with van der Waals surface area (Å²) in [5.74, 6) is -0.764. The van der Waals surface area contributed by atoms with Crippen molar-refractivity contribution in [2.75, 3.05) is 5.32 Å². The van der Waals surface area contributed by atoms with E-state index in [4.69, 9.17) is 0 Å². The van der Waals surface area contributed by atoms with Crippen LogP contribution in [0.1, 0.15) is 29.2 Å². The Bertz CT molecular complexity index is 730. The van der Waals surface area contributed by atoms with Crippen molar-refractivity contribution in [3.05, 3.63) is 34.4 Å². The van der Waals surface area contributed by atoms with E-state index in [1.165, 1.54) is 18.3 Å². The number of aromatic nitrogens is 3. The Labute approximate surface area is 134 Å². The summed E-state index contributed by atoms with van der Waals surface area (Å²) in [4.78, 5) is 23.8. The van der Waals surface area contributed by atoms with E-state index in [0.717, 1.165) is 0 Å². The van der Waals surface area contributed by atoms with Crippen LogP contribution < -0.4 is 5.32 Å². The number of carbonyl (C=O) groups excluding carboxylic acids is 1. The van der Waals surface area contributed by atoms with Crippen molar-refractivity contribution >= 4 is 22.4 Å². The second kappa shape index (κ2) is 5.88. The van der Waals surface area contributed by atoms with E-state index in [1.54, 1.807) is 11.6 Å². The van der Waals surface area contributed by atoms with Crippen LogP contribution in [0, 0.1) is 12.8 Å². The monoisotopic (exact) mass is 342 g/mol. The number of carbonyl (C=O) groups is 1. The molecule has 0 unspecified atom stereocenters. The summed E-state index contributed by atoms with van der Waals surface area (Å²) in [7, 11) is 0. The van der Waals surface area contributed by atoms with Gasteiger partial charge in [0.2, 0.25) is 5.91 Å². The molecule has 1 aliphatic rings. The number of rotatable bonds is 2. The Morgan fingerprint density at radius 2 is 2.17 bits per heavy atom. The molecule has 122 valence electrons. The summed E-state index contributed by atoms with van der Waals surface area (Å²) < 4.78 is 39.6. The van der Waals surface area contributed by atoms with E-state index >= 15 is 0 Å². The van der Waals surface area contributed by atoms with Crippen LogP contribution in [0.2, 0.25) is 0 Å². The summed E-state index contributed by atoms with van der Waals surface area (Å²) in [6, 6.07) is 0. The highest BCUT2D eigenvalue weighted by molar-refractivity contribution is 7.13. The maximum atomic E-state index is 13.2. The van der Waals surface area contributed by atoms with Gasteiger partial charge in [0.15, 0.2) is 10.8 Å². The molecule has 5 nitrogen and oxygen atoms in total. The third-order valence-corrected chi connectivity index (χ3v) is 4.37. The lowest BCUT2D eigenvalue weighted by molar-refractivity contribution is -0.142. The SMILES string of the molecule is Cc1nc2c(c(C(F)(F)F)n1)C[C@H](C(=O)Nc1nccs1)CC2. The van der Waals surface area contributed by atoms with Crippen molar-refractivity contribution in [1.29, 1.82) is 0 Å². The van der Waals surface area contributed by atoms with Crippen LogP contribution in [0.25, 0.3) is 0 Å². The first-order valence-electron chi connectivity index (χ1n) is 6.98. The smallest absolute Gasteiger partial charge is 0.302 e. The van der Waals surface area contributed by atoms with Crippen LogP contribution in [-0.4, -0.2) is 20.9 Å². The van der Waals surface area contributed by atoms with E-state index in [1.807, 2.05) is 0 Å². The molecule has 2 heterocycles. The number of thiazole rings is 1. The molecule has 1 aliphatic carbocycles. The van der Waals surface area contributed by atoms with Crippen LogP contribution in [-0.2, 0) is 23.8 Å². The Balaban J connectivity index is 1.86. The van der Waals surface area contributed by atoms with Gasteiger partial charge in [-0.3, -0.25) is 4.79 Å². The first-order valence-corrected chi connectivity index (χ1v) is 7.86. The molecule has 0 saturated carbocycles. The molecule has 0 saturated heterocycles. The lowest BCUT2D eigenvalue weighted by Gasteiger charge is -2.25. The minimum absolute atomic E-state index is 0.0122. The fourth-order valence-electron chi connectivity index (χ4n) is 2.69. The molecule has 0 aliphatic heterocycles. The second-order valence-electron chi connectivity index (χ2n) is 5.31. The fraction of sp³-hybridized carbons (Fsp3) is 0.429. The Kier molecular flexibility index (Phi) is 4.05. The first kappa shape index (κ1) is 15.9. The normalized spacial score (nSPS) is 17.7. The number of anilines is 1. The van der Waals surface area contributed by atoms with Crippen LogP contribution in [0.4, 0.5) is 18.3 Å². The maximum Gasteiger partial charge on any atom is 0.433 e. The molecule has 9 heteroatoms. The molecule has 0 radical (unpaired) electrons. The van der Waals surface area contributed by atoms with Crippen LogP contribution in [0.3, 0.4) is 0 Å². The van der Waals surface area contributed by atoms with Gasteiger partial charge < -0.3 is 5.32 Å². The molecule has 1 atom stereocenters. The zero-order valence-electron chi connectivity index (χ0n) is 12.1. The largest absolute Gasteiger partial charge is 0.433 e. The highest BCUT2D eigenvalue weighted by Crippen LogP contribution is 2.36. The molecule has 0 fully saturated rings. The summed E-state index contributed by atoms with van der Waals surface area (Å²) in [6.45, 7) is 1.44.